The summed E-state index contributed by atoms with van der Waals surface area (Å²) in [4.78, 5) is 41.0. The number of esters is 1. The number of hydrogen-bond acceptors (Lipinski definition) is 13. The first-order chi connectivity index (χ1) is 17.4. The van der Waals surface area contributed by atoms with E-state index in [1.165, 1.54) is 4.90 Å². The Labute approximate surface area is 215 Å². The summed E-state index contributed by atoms with van der Waals surface area (Å²) in [5.74, 6) is -0.905. The van der Waals surface area contributed by atoms with Crippen LogP contribution in [0.5, 0.6) is 0 Å². The number of hydrogen-bond donors (Lipinski definition) is 1. The Morgan fingerprint density at radius 1 is 1.27 bits per heavy atom. The fraction of sp³-hybridized carbons (Fsp3) is 0.545. The van der Waals surface area contributed by atoms with Crippen LogP contribution in [0.15, 0.2) is 23.5 Å². The Balaban J connectivity index is 1.92. The fourth-order valence-corrected chi connectivity index (χ4v) is 4.61. The number of sulfone groups is 1. The molecule has 1 aliphatic heterocycles. The quantitative estimate of drug-likeness (QED) is 0.196. The minimum Gasteiger partial charge on any atom is -0.465 e. The second-order valence-corrected chi connectivity index (χ2v) is 10.9. The van der Waals surface area contributed by atoms with Crippen molar-refractivity contribution in [3.05, 3.63) is 34.0 Å². The summed E-state index contributed by atoms with van der Waals surface area (Å²) in [6, 6.07) is 4.17. The van der Waals surface area contributed by atoms with Crippen LogP contribution in [0, 0.1) is 10.1 Å². The zero-order valence-electron chi connectivity index (χ0n) is 21.3. The maximum Gasteiger partial charge on any atom is 0.353 e. The molecule has 37 heavy (non-hydrogen) atoms. The van der Waals surface area contributed by atoms with E-state index in [0.29, 0.717) is 11.6 Å². The Bertz CT molecular complexity index is 1230. The van der Waals surface area contributed by atoms with Crippen molar-refractivity contribution in [3.8, 4) is 0 Å². The highest BCUT2D eigenvalue weighted by Crippen LogP contribution is 2.33. The number of rotatable bonds is 10. The highest BCUT2D eigenvalue weighted by atomic mass is 32.2. The molecule has 0 spiro atoms. The number of carbonyl (C=O) groups excluding carboxylic acids is 1. The first-order valence-electron chi connectivity index (χ1n) is 11.7. The number of anilines is 3. The van der Waals surface area contributed by atoms with Crippen LogP contribution in [0.4, 0.5) is 23.1 Å². The molecule has 3 rings (SSSR count). The van der Waals surface area contributed by atoms with Gasteiger partial charge in [0.1, 0.15) is 12.4 Å². The summed E-state index contributed by atoms with van der Waals surface area (Å²) < 4.78 is 29.2. The third-order valence-corrected chi connectivity index (χ3v) is 6.86. The zero-order valence-corrected chi connectivity index (χ0v) is 22.1. The number of nitrogen functional groups attached to an aromatic ring is 1. The van der Waals surface area contributed by atoms with E-state index < -0.39 is 49.8 Å². The number of carbonyl (C=O) groups is 1. The van der Waals surface area contributed by atoms with Gasteiger partial charge in [0.05, 0.1) is 11.5 Å². The lowest BCUT2D eigenvalue weighted by Gasteiger charge is -2.35. The van der Waals surface area contributed by atoms with Gasteiger partial charge in [-0.25, -0.2) is 13.4 Å². The standard InChI is InChI=1S/C22H32N8O6S/c1-5-36-18(31)14-29(21-19(30(32)33)20(23)25-22(26-21)37(4,34)35)13-15-6-7-17(24-12-15)28-10-8-16(9-11-28)27(2)3/h6-7,12,16H,5,8-11,13-14H2,1-4H3,(H2,23,25,26). The molecule has 1 fully saturated rings. The van der Waals surface area contributed by atoms with Crippen LogP contribution in [0.1, 0.15) is 25.3 Å². The predicted molar refractivity (Wildman–Crippen MR) is 137 cm³/mol. The average molecular weight is 537 g/mol. The summed E-state index contributed by atoms with van der Waals surface area (Å²) in [5, 5.41) is 11.1. The molecule has 1 aliphatic rings. The van der Waals surface area contributed by atoms with Gasteiger partial charge in [-0.05, 0) is 45.5 Å². The van der Waals surface area contributed by atoms with E-state index in [2.05, 4.69) is 38.8 Å². The molecule has 0 aliphatic carbocycles. The van der Waals surface area contributed by atoms with Crippen molar-refractivity contribution in [2.75, 3.05) is 62.1 Å². The molecule has 2 aromatic heterocycles. The van der Waals surface area contributed by atoms with Gasteiger partial charge in [-0.3, -0.25) is 14.9 Å². The topological polar surface area (TPSA) is 178 Å². The van der Waals surface area contributed by atoms with E-state index >= 15 is 0 Å². The molecule has 0 saturated carbocycles. The second kappa shape index (κ2) is 11.6. The van der Waals surface area contributed by atoms with Crippen LogP contribution in [0.2, 0.25) is 0 Å². The molecule has 0 unspecified atom stereocenters. The van der Waals surface area contributed by atoms with Crippen molar-refractivity contribution in [1.29, 1.82) is 0 Å². The lowest BCUT2D eigenvalue weighted by Crippen LogP contribution is -2.42. The molecule has 1 saturated heterocycles. The van der Waals surface area contributed by atoms with Crippen molar-refractivity contribution in [3.63, 3.8) is 0 Å². The fourth-order valence-electron chi connectivity index (χ4n) is 4.10. The number of pyridine rings is 1. The molecule has 0 amide bonds. The molecule has 0 bridgehead atoms. The van der Waals surface area contributed by atoms with E-state index in [1.807, 2.05) is 6.07 Å². The van der Waals surface area contributed by atoms with Gasteiger partial charge in [0.2, 0.25) is 21.5 Å². The van der Waals surface area contributed by atoms with Gasteiger partial charge in [-0.2, -0.15) is 9.97 Å². The third kappa shape index (κ3) is 7.01. The van der Waals surface area contributed by atoms with Gasteiger partial charge < -0.3 is 25.2 Å². The largest absolute Gasteiger partial charge is 0.465 e. The van der Waals surface area contributed by atoms with Crippen molar-refractivity contribution in [1.82, 2.24) is 19.9 Å². The van der Waals surface area contributed by atoms with Crippen molar-refractivity contribution in [2.45, 2.75) is 37.5 Å². The maximum atomic E-state index is 12.3. The summed E-state index contributed by atoms with van der Waals surface area (Å²) in [6.45, 7) is 2.97. The van der Waals surface area contributed by atoms with E-state index in [-0.39, 0.29) is 13.2 Å². The zero-order chi connectivity index (χ0) is 27.3. The van der Waals surface area contributed by atoms with Crippen LogP contribution in [-0.4, -0.2) is 91.8 Å². The first-order valence-corrected chi connectivity index (χ1v) is 13.6. The van der Waals surface area contributed by atoms with E-state index in [0.717, 1.165) is 38.0 Å². The molecule has 202 valence electrons. The molecule has 14 nitrogen and oxygen atoms in total. The van der Waals surface area contributed by atoms with E-state index in [1.54, 1.807) is 19.2 Å². The van der Waals surface area contributed by atoms with Gasteiger partial charge in [0, 0.05) is 38.1 Å². The first kappa shape index (κ1) is 28.0. The van der Waals surface area contributed by atoms with Gasteiger partial charge in [0.15, 0.2) is 0 Å². The van der Waals surface area contributed by atoms with Gasteiger partial charge in [-0.1, -0.05) is 6.07 Å². The van der Waals surface area contributed by atoms with Gasteiger partial charge in [0.25, 0.3) is 5.16 Å². The Morgan fingerprint density at radius 3 is 2.46 bits per heavy atom. The summed E-state index contributed by atoms with van der Waals surface area (Å²) in [5.41, 5.74) is 5.66. The second-order valence-electron chi connectivity index (χ2n) is 8.96. The van der Waals surface area contributed by atoms with Crippen LogP contribution >= 0.6 is 0 Å². The lowest BCUT2D eigenvalue weighted by molar-refractivity contribution is -0.383. The molecular formula is C22H32N8O6S. The number of ether oxygens (including phenoxy) is 1. The summed E-state index contributed by atoms with van der Waals surface area (Å²) >= 11 is 0. The van der Waals surface area contributed by atoms with Crippen molar-refractivity contribution < 1.29 is 22.9 Å². The molecule has 0 radical (unpaired) electrons. The summed E-state index contributed by atoms with van der Waals surface area (Å²) in [6.07, 6.45) is 4.51. The SMILES string of the molecule is CCOC(=O)CN(Cc1ccc(N2CCC(N(C)C)CC2)nc1)c1nc(S(C)(=O)=O)nc(N)c1[N+](=O)[O-]. The Morgan fingerprint density at radius 2 is 1.95 bits per heavy atom. The molecule has 2 aromatic rings. The van der Waals surface area contributed by atoms with E-state index in [9.17, 15) is 23.3 Å². The summed E-state index contributed by atoms with van der Waals surface area (Å²) in [7, 11) is 0.195. The Hall–Kier alpha value is -3.59. The van der Waals surface area contributed by atoms with Crippen LogP contribution in [0.25, 0.3) is 0 Å². The van der Waals surface area contributed by atoms with E-state index in [4.69, 9.17) is 10.5 Å². The molecule has 3 heterocycles. The average Bonchev–Trinajstić information content (AvgIpc) is 2.83. The van der Waals surface area contributed by atoms with Gasteiger partial charge in [-0.15, -0.1) is 0 Å². The van der Waals surface area contributed by atoms with Crippen LogP contribution in [-0.2, 0) is 25.9 Å². The number of aromatic nitrogens is 3. The van der Waals surface area contributed by atoms with Crippen molar-refractivity contribution >= 4 is 38.9 Å². The predicted octanol–water partition coefficient (Wildman–Crippen LogP) is 0.866. The van der Waals surface area contributed by atoms with Crippen LogP contribution in [0.3, 0.4) is 0 Å². The lowest BCUT2D eigenvalue weighted by atomic mass is 10.0. The monoisotopic (exact) mass is 536 g/mol. The number of piperidine rings is 1. The number of nitrogens with two attached hydrogens (primary N) is 1. The highest BCUT2D eigenvalue weighted by Gasteiger charge is 2.31. The Kier molecular flexibility index (Phi) is 8.81. The minimum atomic E-state index is -3.95. The molecule has 15 heteroatoms. The number of nitro groups is 1. The normalized spacial score (nSPS) is 14.6. The smallest absolute Gasteiger partial charge is 0.353 e. The number of nitrogens with zero attached hydrogens (tertiary/aromatic N) is 7. The van der Waals surface area contributed by atoms with Gasteiger partial charge >= 0.3 is 11.7 Å². The molecule has 2 N–H and O–H groups in total. The third-order valence-electron chi connectivity index (χ3n) is 6.01. The molecule has 0 aromatic carbocycles. The highest BCUT2D eigenvalue weighted by molar-refractivity contribution is 7.90. The van der Waals surface area contributed by atoms with Crippen molar-refractivity contribution in [2.24, 2.45) is 0 Å². The molecular weight excluding hydrogens is 504 g/mol. The molecule has 0 atom stereocenters. The minimum absolute atomic E-state index is 0.0463. The maximum absolute atomic E-state index is 12.3. The van der Waals surface area contributed by atoms with Crippen LogP contribution < -0.4 is 15.5 Å².